The summed E-state index contributed by atoms with van der Waals surface area (Å²) in [6, 6.07) is 0.284. The monoisotopic (exact) mass is 252 g/mol. The van der Waals surface area contributed by atoms with Crippen molar-refractivity contribution in [2.45, 2.75) is 32.6 Å². The van der Waals surface area contributed by atoms with Crippen LogP contribution in [-0.2, 0) is 0 Å². The second-order valence-corrected chi connectivity index (χ2v) is 4.35. The number of nitrogens with one attached hydrogen (secondary N) is 2. The van der Waals surface area contributed by atoms with Crippen molar-refractivity contribution in [3.05, 3.63) is 0 Å². The summed E-state index contributed by atoms with van der Waals surface area (Å²) in [5.74, 6) is 6.97. The number of hydrogen-bond donors (Lipinski definition) is 3. The maximum atomic E-state index is 5.31. The van der Waals surface area contributed by atoms with E-state index in [0.717, 1.165) is 18.9 Å². The number of hydrogen-bond acceptors (Lipinski definition) is 7. The Morgan fingerprint density at radius 2 is 2.06 bits per heavy atom. The van der Waals surface area contributed by atoms with Crippen LogP contribution < -0.4 is 21.3 Å². The molecule has 0 unspecified atom stereocenters. The molecule has 1 aromatic rings. The number of hydrazine groups is 1. The quantitative estimate of drug-likeness (QED) is 0.494. The van der Waals surface area contributed by atoms with Gasteiger partial charge >= 0.3 is 6.01 Å². The molecule has 1 fully saturated rings. The van der Waals surface area contributed by atoms with Crippen LogP contribution >= 0.6 is 0 Å². The third kappa shape index (κ3) is 3.43. The third-order valence-electron chi connectivity index (χ3n) is 3.08. The largest absolute Gasteiger partial charge is 0.464 e. The number of aromatic nitrogens is 3. The average Bonchev–Trinajstić information content (AvgIpc) is 2.32. The lowest BCUT2D eigenvalue weighted by Gasteiger charge is -2.25. The topological polar surface area (TPSA) is 98.0 Å². The molecule has 0 aromatic carbocycles. The molecule has 18 heavy (non-hydrogen) atoms. The molecule has 2 rings (SSSR count). The van der Waals surface area contributed by atoms with E-state index in [1.807, 2.05) is 6.92 Å². The Kier molecular flexibility index (Phi) is 4.52. The number of nitrogens with zero attached hydrogens (tertiary/aromatic N) is 3. The molecular weight excluding hydrogens is 232 g/mol. The van der Waals surface area contributed by atoms with Crippen LogP contribution in [0.5, 0.6) is 6.01 Å². The summed E-state index contributed by atoms with van der Waals surface area (Å²) in [7, 11) is 0. The Morgan fingerprint density at radius 3 is 2.67 bits per heavy atom. The molecule has 0 amide bonds. The zero-order valence-corrected chi connectivity index (χ0v) is 10.6. The first-order valence-electron chi connectivity index (χ1n) is 6.41. The van der Waals surface area contributed by atoms with Crippen LogP contribution in [0.1, 0.15) is 32.6 Å². The predicted molar refractivity (Wildman–Crippen MR) is 69.3 cm³/mol. The van der Waals surface area contributed by atoms with Crippen molar-refractivity contribution in [1.82, 2.24) is 15.0 Å². The van der Waals surface area contributed by atoms with Gasteiger partial charge in [0.1, 0.15) is 0 Å². The van der Waals surface area contributed by atoms with Crippen molar-refractivity contribution in [3.63, 3.8) is 0 Å². The molecule has 0 aliphatic heterocycles. The predicted octanol–water partition coefficient (Wildman–Crippen LogP) is 1.16. The van der Waals surface area contributed by atoms with Crippen LogP contribution in [0.25, 0.3) is 0 Å². The molecule has 0 atom stereocenters. The molecule has 1 saturated carbocycles. The molecule has 0 radical (unpaired) electrons. The van der Waals surface area contributed by atoms with Gasteiger partial charge in [0.05, 0.1) is 6.61 Å². The van der Waals surface area contributed by atoms with E-state index in [-0.39, 0.29) is 6.01 Å². The molecule has 1 aliphatic rings. The van der Waals surface area contributed by atoms with E-state index in [4.69, 9.17) is 10.6 Å². The normalized spacial score (nSPS) is 15.0. The van der Waals surface area contributed by atoms with Crippen molar-refractivity contribution in [2.75, 3.05) is 23.9 Å². The molecule has 0 saturated heterocycles. The lowest BCUT2D eigenvalue weighted by molar-refractivity contribution is 0.302. The van der Waals surface area contributed by atoms with E-state index >= 15 is 0 Å². The van der Waals surface area contributed by atoms with E-state index in [1.54, 1.807) is 0 Å². The van der Waals surface area contributed by atoms with Gasteiger partial charge in [-0.05, 0) is 19.3 Å². The van der Waals surface area contributed by atoms with Gasteiger partial charge in [-0.15, -0.1) is 0 Å². The van der Waals surface area contributed by atoms with Gasteiger partial charge in [0.15, 0.2) is 0 Å². The Morgan fingerprint density at radius 1 is 1.28 bits per heavy atom. The van der Waals surface area contributed by atoms with Gasteiger partial charge in [-0.25, -0.2) is 5.84 Å². The molecule has 1 aliphatic carbocycles. The van der Waals surface area contributed by atoms with Crippen LogP contribution in [0.15, 0.2) is 0 Å². The maximum Gasteiger partial charge on any atom is 0.323 e. The van der Waals surface area contributed by atoms with Crippen LogP contribution in [0.3, 0.4) is 0 Å². The molecule has 1 aromatic heterocycles. The minimum Gasteiger partial charge on any atom is -0.464 e. The Hall–Kier alpha value is -1.63. The molecule has 0 spiro atoms. The second kappa shape index (κ2) is 6.34. The van der Waals surface area contributed by atoms with Gasteiger partial charge in [-0.1, -0.05) is 19.3 Å². The first-order valence-corrected chi connectivity index (χ1v) is 6.41. The highest BCUT2D eigenvalue weighted by molar-refractivity contribution is 5.34. The zero-order valence-electron chi connectivity index (χ0n) is 10.6. The average molecular weight is 252 g/mol. The fraction of sp³-hybridized carbons (Fsp3) is 0.727. The van der Waals surface area contributed by atoms with Crippen LogP contribution in [0, 0.1) is 5.92 Å². The Labute approximate surface area is 107 Å². The summed E-state index contributed by atoms with van der Waals surface area (Å²) in [5, 5.41) is 3.18. The summed E-state index contributed by atoms with van der Waals surface area (Å²) in [5.41, 5.74) is 2.41. The van der Waals surface area contributed by atoms with Gasteiger partial charge in [-0.2, -0.15) is 15.0 Å². The number of anilines is 2. The molecule has 100 valence electrons. The summed E-state index contributed by atoms with van der Waals surface area (Å²) in [6.07, 6.45) is 5.21. The van der Waals surface area contributed by atoms with Crippen molar-refractivity contribution in [1.29, 1.82) is 0 Å². The van der Waals surface area contributed by atoms with E-state index in [2.05, 4.69) is 25.7 Å². The van der Waals surface area contributed by atoms with Crippen LogP contribution in [-0.4, -0.2) is 28.1 Å². The van der Waals surface area contributed by atoms with Gasteiger partial charge in [0.2, 0.25) is 11.9 Å². The molecular formula is C11H20N6O. The van der Waals surface area contributed by atoms with Gasteiger partial charge in [-0.3, -0.25) is 5.43 Å². The second-order valence-electron chi connectivity index (χ2n) is 4.35. The first-order chi connectivity index (χ1) is 8.81. The summed E-state index contributed by atoms with van der Waals surface area (Å²) < 4.78 is 5.25. The standard InChI is InChI=1S/C11H20N6O/c1-2-18-11-15-9(14-10(16-11)17-12)13-7-6-8-4-3-5-8/h8H,2-7,12H2,1H3,(H2,13,14,15,16,17). The van der Waals surface area contributed by atoms with Crippen LogP contribution in [0.4, 0.5) is 11.9 Å². The molecule has 0 bridgehead atoms. The van der Waals surface area contributed by atoms with Crippen molar-refractivity contribution >= 4 is 11.9 Å². The smallest absolute Gasteiger partial charge is 0.323 e. The van der Waals surface area contributed by atoms with E-state index in [9.17, 15) is 0 Å². The zero-order chi connectivity index (χ0) is 12.8. The molecule has 4 N–H and O–H groups in total. The van der Waals surface area contributed by atoms with Crippen molar-refractivity contribution < 1.29 is 4.74 Å². The molecule has 7 heteroatoms. The van der Waals surface area contributed by atoms with Crippen molar-refractivity contribution in [3.8, 4) is 6.01 Å². The maximum absolute atomic E-state index is 5.31. The summed E-state index contributed by atoms with van der Waals surface area (Å²) >= 11 is 0. The third-order valence-corrected chi connectivity index (χ3v) is 3.08. The van der Waals surface area contributed by atoms with E-state index in [1.165, 1.54) is 19.3 Å². The number of nitrogen functional groups attached to an aromatic ring is 1. The lowest BCUT2D eigenvalue weighted by Crippen LogP contribution is -2.18. The van der Waals surface area contributed by atoms with Gasteiger partial charge in [0.25, 0.3) is 0 Å². The summed E-state index contributed by atoms with van der Waals surface area (Å²) in [6.45, 7) is 3.25. The Balaban J connectivity index is 1.90. The highest BCUT2D eigenvalue weighted by atomic mass is 16.5. The number of ether oxygens (including phenoxy) is 1. The van der Waals surface area contributed by atoms with E-state index in [0.29, 0.717) is 18.5 Å². The number of nitrogens with two attached hydrogens (primary N) is 1. The van der Waals surface area contributed by atoms with Gasteiger partial charge in [0, 0.05) is 6.54 Å². The lowest BCUT2D eigenvalue weighted by atomic mass is 9.83. The van der Waals surface area contributed by atoms with E-state index < -0.39 is 0 Å². The molecule has 7 nitrogen and oxygen atoms in total. The highest BCUT2D eigenvalue weighted by Crippen LogP contribution is 2.29. The first kappa shape index (κ1) is 12.8. The van der Waals surface area contributed by atoms with Gasteiger partial charge < -0.3 is 10.1 Å². The highest BCUT2D eigenvalue weighted by Gasteiger charge is 2.16. The summed E-state index contributed by atoms with van der Waals surface area (Å²) in [4.78, 5) is 12.3. The minimum atomic E-state index is 0.284. The van der Waals surface area contributed by atoms with Crippen molar-refractivity contribution in [2.24, 2.45) is 11.8 Å². The Bertz CT molecular complexity index is 382. The fourth-order valence-electron chi connectivity index (χ4n) is 1.86. The van der Waals surface area contributed by atoms with Crippen LogP contribution in [0.2, 0.25) is 0 Å². The number of rotatable bonds is 7. The molecule has 1 heterocycles. The minimum absolute atomic E-state index is 0.284. The fourth-order valence-corrected chi connectivity index (χ4v) is 1.86. The SMILES string of the molecule is CCOc1nc(NN)nc(NCCC2CCC2)n1.